The van der Waals surface area contributed by atoms with Crippen LogP contribution in [0.5, 0.6) is 5.75 Å². The number of aryl methyl sites for hydroxylation is 1. The Balaban J connectivity index is 2.67. The van der Waals surface area contributed by atoms with Crippen molar-refractivity contribution in [2.45, 2.75) is 38.6 Å². The maximum absolute atomic E-state index is 10.7. The molecule has 0 atom stereocenters. The molecule has 1 fully saturated rings. The van der Waals surface area contributed by atoms with Gasteiger partial charge in [0, 0.05) is 11.1 Å². The maximum atomic E-state index is 10.7. The summed E-state index contributed by atoms with van der Waals surface area (Å²) in [5.41, 5.74) is 2.39. The summed E-state index contributed by atoms with van der Waals surface area (Å²) in [7, 11) is 1.62. The Morgan fingerprint density at radius 3 is 2.56 bits per heavy atom. The summed E-state index contributed by atoms with van der Waals surface area (Å²) in [6.07, 6.45) is 4.49. The van der Waals surface area contributed by atoms with E-state index in [0.717, 1.165) is 41.7 Å². The van der Waals surface area contributed by atoms with Crippen molar-refractivity contribution in [1.82, 2.24) is 0 Å². The quantitative estimate of drug-likeness (QED) is 0.618. The van der Waals surface area contributed by atoms with Gasteiger partial charge >= 0.3 is 0 Å². The van der Waals surface area contributed by atoms with E-state index in [0.29, 0.717) is 5.02 Å². The molecule has 0 radical (unpaired) electrons. The molecule has 0 bridgehead atoms. The minimum absolute atomic E-state index is 0.451. The second-order valence-electron chi connectivity index (χ2n) is 4.80. The summed E-state index contributed by atoms with van der Waals surface area (Å²) in [5.74, 6) is 0.740. The Labute approximate surface area is 112 Å². The van der Waals surface area contributed by atoms with Crippen molar-refractivity contribution < 1.29 is 9.53 Å². The molecule has 2 rings (SSSR count). The first-order chi connectivity index (χ1) is 8.55. The van der Waals surface area contributed by atoms with Crippen molar-refractivity contribution in [3.63, 3.8) is 0 Å². The number of hydrogen-bond donors (Lipinski definition) is 0. The van der Waals surface area contributed by atoms with Crippen LogP contribution < -0.4 is 4.74 Å². The van der Waals surface area contributed by atoms with E-state index in [2.05, 4.69) is 4.99 Å². The average Bonchev–Trinajstić information content (AvgIpc) is 2.30. The van der Waals surface area contributed by atoms with Crippen LogP contribution in [-0.4, -0.2) is 13.2 Å². The molecule has 0 aliphatic heterocycles. The van der Waals surface area contributed by atoms with E-state index in [4.69, 9.17) is 16.3 Å². The fourth-order valence-corrected chi connectivity index (χ4v) is 2.73. The molecule has 0 amide bonds. The molecule has 1 saturated carbocycles. The highest BCUT2D eigenvalue weighted by Crippen LogP contribution is 2.50. The smallest absolute Gasteiger partial charge is 0.235 e. The molecule has 18 heavy (non-hydrogen) atoms. The van der Waals surface area contributed by atoms with Gasteiger partial charge < -0.3 is 4.74 Å². The van der Waals surface area contributed by atoms with Crippen LogP contribution in [0.4, 0.5) is 0 Å². The molecular weight excluding hydrogens is 250 g/mol. The van der Waals surface area contributed by atoms with E-state index in [-0.39, 0.29) is 0 Å². The van der Waals surface area contributed by atoms with Gasteiger partial charge in [-0.3, -0.25) is 0 Å². The molecular formula is C14H16ClNO2. The zero-order valence-electron chi connectivity index (χ0n) is 10.8. The number of benzene rings is 1. The molecule has 1 aliphatic carbocycles. The van der Waals surface area contributed by atoms with Gasteiger partial charge in [0.1, 0.15) is 11.3 Å². The van der Waals surface area contributed by atoms with Gasteiger partial charge in [-0.1, -0.05) is 11.6 Å². The second-order valence-corrected chi connectivity index (χ2v) is 5.18. The van der Waals surface area contributed by atoms with Crippen LogP contribution in [0.2, 0.25) is 5.02 Å². The number of methoxy groups -OCH3 is 1. The van der Waals surface area contributed by atoms with Crippen LogP contribution in [0.25, 0.3) is 0 Å². The minimum atomic E-state index is -0.451. The molecule has 0 unspecified atom stereocenters. The zero-order chi connectivity index (χ0) is 13.3. The summed E-state index contributed by atoms with van der Waals surface area (Å²) in [6, 6.07) is 1.98. The number of halogens is 1. The number of aliphatic imine (C=N–C) groups is 1. The monoisotopic (exact) mass is 265 g/mol. The standard InChI is InChI=1S/C14H16ClNO2/c1-9-7-11(13(18-3)10(2)12(9)15)14(16-8-17)5-4-6-14/h7H,4-6H2,1-3H3. The molecule has 0 aromatic heterocycles. The zero-order valence-corrected chi connectivity index (χ0v) is 11.6. The number of carbonyl (C=O) groups excluding carboxylic acids is 1. The van der Waals surface area contributed by atoms with Crippen molar-refractivity contribution in [3.8, 4) is 5.75 Å². The van der Waals surface area contributed by atoms with Gasteiger partial charge in [-0.05, 0) is 44.7 Å². The van der Waals surface area contributed by atoms with E-state index < -0.39 is 5.54 Å². The third kappa shape index (κ3) is 1.84. The van der Waals surface area contributed by atoms with Crippen molar-refractivity contribution in [1.29, 1.82) is 0 Å². The van der Waals surface area contributed by atoms with Gasteiger partial charge in [-0.2, -0.15) is 4.99 Å². The third-order valence-corrected chi connectivity index (χ3v) is 4.35. The van der Waals surface area contributed by atoms with E-state index in [1.165, 1.54) is 0 Å². The molecule has 3 nitrogen and oxygen atoms in total. The van der Waals surface area contributed by atoms with Gasteiger partial charge in [0.25, 0.3) is 0 Å². The molecule has 0 spiro atoms. The third-order valence-electron chi connectivity index (χ3n) is 3.77. The Bertz CT molecular complexity index is 529. The number of ether oxygens (including phenoxy) is 1. The van der Waals surface area contributed by atoms with Crippen LogP contribution in [0.15, 0.2) is 11.1 Å². The summed E-state index contributed by atoms with van der Waals surface area (Å²) >= 11 is 6.23. The lowest BCUT2D eigenvalue weighted by Crippen LogP contribution is -2.32. The Morgan fingerprint density at radius 2 is 2.11 bits per heavy atom. The maximum Gasteiger partial charge on any atom is 0.235 e. The predicted molar refractivity (Wildman–Crippen MR) is 71.1 cm³/mol. The summed E-state index contributed by atoms with van der Waals surface area (Å²) in [5, 5.41) is 0.708. The van der Waals surface area contributed by atoms with Crippen LogP contribution in [0.1, 0.15) is 36.0 Å². The molecule has 1 aromatic rings. The second kappa shape index (κ2) is 4.75. The van der Waals surface area contributed by atoms with Gasteiger partial charge in [0.15, 0.2) is 0 Å². The molecule has 0 N–H and O–H groups in total. The van der Waals surface area contributed by atoms with E-state index >= 15 is 0 Å². The van der Waals surface area contributed by atoms with Crippen molar-refractivity contribution in [3.05, 3.63) is 27.8 Å². The van der Waals surface area contributed by atoms with Crippen LogP contribution in [0.3, 0.4) is 0 Å². The van der Waals surface area contributed by atoms with Gasteiger partial charge in [0.05, 0.1) is 12.1 Å². The first-order valence-electron chi connectivity index (χ1n) is 5.99. The number of hydrogen-bond acceptors (Lipinski definition) is 3. The van der Waals surface area contributed by atoms with Crippen LogP contribution >= 0.6 is 11.6 Å². The Hall–Kier alpha value is -1.31. The summed E-state index contributed by atoms with van der Waals surface area (Å²) in [4.78, 5) is 14.7. The highest BCUT2D eigenvalue weighted by atomic mass is 35.5. The normalized spacial score (nSPS) is 16.7. The lowest BCUT2D eigenvalue weighted by atomic mass is 9.71. The number of nitrogens with zero attached hydrogens (tertiary/aromatic N) is 1. The van der Waals surface area contributed by atoms with Gasteiger partial charge in [0.2, 0.25) is 6.08 Å². The highest BCUT2D eigenvalue weighted by Gasteiger charge is 2.41. The molecule has 4 heteroatoms. The van der Waals surface area contributed by atoms with Gasteiger partial charge in [-0.25, -0.2) is 4.79 Å². The number of isocyanates is 1. The van der Waals surface area contributed by atoms with Crippen molar-refractivity contribution >= 4 is 17.7 Å². The van der Waals surface area contributed by atoms with Crippen LogP contribution in [-0.2, 0) is 10.3 Å². The van der Waals surface area contributed by atoms with E-state index in [1.807, 2.05) is 19.9 Å². The average molecular weight is 266 g/mol. The molecule has 1 aliphatic rings. The fraction of sp³-hybridized carbons (Fsp3) is 0.500. The summed E-state index contributed by atoms with van der Waals surface area (Å²) < 4.78 is 5.47. The van der Waals surface area contributed by atoms with Crippen molar-refractivity contribution in [2.24, 2.45) is 4.99 Å². The molecule has 0 saturated heterocycles. The lowest BCUT2D eigenvalue weighted by Gasteiger charge is -2.38. The van der Waals surface area contributed by atoms with Gasteiger partial charge in [-0.15, -0.1) is 0 Å². The highest BCUT2D eigenvalue weighted by molar-refractivity contribution is 6.32. The first kappa shape index (κ1) is 13.1. The minimum Gasteiger partial charge on any atom is -0.496 e. The number of rotatable bonds is 3. The predicted octanol–water partition coefficient (Wildman–Crippen LogP) is 3.68. The topological polar surface area (TPSA) is 38.7 Å². The SMILES string of the molecule is COc1c(C2(N=C=O)CCC2)cc(C)c(Cl)c1C. The fourth-order valence-electron chi connectivity index (χ4n) is 2.59. The first-order valence-corrected chi connectivity index (χ1v) is 6.37. The lowest BCUT2D eigenvalue weighted by molar-refractivity contribution is 0.245. The Kier molecular flexibility index (Phi) is 3.47. The molecule has 1 aromatic carbocycles. The molecule has 0 heterocycles. The molecule has 96 valence electrons. The largest absolute Gasteiger partial charge is 0.496 e. The van der Waals surface area contributed by atoms with Crippen LogP contribution in [0, 0.1) is 13.8 Å². The van der Waals surface area contributed by atoms with Crippen molar-refractivity contribution in [2.75, 3.05) is 7.11 Å². The summed E-state index contributed by atoms with van der Waals surface area (Å²) in [6.45, 7) is 3.88. The van der Waals surface area contributed by atoms with E-state index in [9.17, 15) is 4.79 Å². The van der Waals surface area contributed by atoms with E-state index in [1.54, 1.807) is 13.2 Å². The Morgan fingerprint density at radius 1 is 1.44 bits per heavy atom.